The Morgan fingerprint density at radius 1 is 1.46 bits per heavy atom. The van der Waals surface area contributed by atoms with Gasteiger partial charge in [0.2, 0.25) is 0 Å². The van der Waals surface area contributed by atoms with E-state index in [4.69, 9.17) is 10.00 Å². The molecule has 1 atom stereocenters. The lowest BCUT2D eigenvalue weighted by Crippen LogP contribution is -2.45. The van der Waals surface area contributed by atoms with Crippen LogP contribution in [0.3, 0.4) is 0 Å². The smallest absolute Gasteiger partial charge is 0.260 e. The normalized spacial score (nSPS) is 19.0. The van der Waals surface area contributed by atoms with Crippen molar-refractivity contribution >= 4 is 15.7 Å². The quantitative estimate of drug-likeness (QED) is 0.778. The van der Waals surface area contributed by atoms with Crippen LogP contribution in [0.5, 0.6) is 5.75 Å². The summed E-state index contributed by atoms with van der Waals surface area (Å²) in [6.45, 7) is 4.31. The van der Waals surface area contributed by atoms with Crippen LogP contribution in [0.1, 0.15) is 25.8 Å². The standard InChI is InChI=1S/C17H22N2O4S/c1-13(2)10-19(15-6-7-24(21,22)12-15)17(20)11-23-16-5-3-4-14(8-16)9-18/h3-5,8,13,15H,6-7,10-12H2,1-2H3/t15-/m0/s1. The molecule has 0 saturated carbocycles. The highest BCUT2D eigenvalue weighted by atomic mass is 32.2. The minimum Gasteiger partial charge on any atom is -0.484 e. The van der Waals surface area contributed by atoms with Crippen molar-refractivity contribution in [3.05, 3.63) is 29.8 Å². The van der Waals surface area contributed by atoms with E-state index in [2.05, 4.69) is 0 Å². The molecule has 2 rings (SSSR count). The molecule has 1 saturated heterocycles. The first-order valence-electron chi connectivity index (χ1n) is 7.93. The zero-order valence-electron chi connectivity index (χ0n) is 13.9. The minimum atomic E-state index is -3.06. The molecule has 24 heavy (non-hydrogen) atoms. The predicted octanol–water partition coefficient (Wildman–Crippen LogP) is 1.61. The molecule has 0 bridgehead atoms. The van der Waals surface area contributed by atoms with E-state index >= 15 is 0 Å². The van der Waals surface area contributed by atoms with Crippen molar-refractivity contribution in [2.75, 3.05) is 24.7 Å². The molecule has 0 N–H and O–H groups in total. The summed E-state index contributed by atoms with van der Waals surface area (Å²) in [6.07, 6.45) is 0.477. The highest BCUT2D eigenvalue weighted by Gasteiger charge is 2.34. The van der Waals surface area contributed by atoms with Gasteiger partial charge in [-0.3, -0.25) is 4.79 Å². The van der Waals surface area contributed by atoms with E-state index in [1.54, 1.807) is 29.2 Å². The third kappa shape index (κ3) is 4.96. The van der Waals surface area contributed by atoms with Gasteiger partial charge in [-0.1, -0.05) is 19.9 Å². The van der Waals surface area contributed by atoms with Crippen molar-refractivity contribution in [2.45, 2.75) is 26.3 Å². The Kier molecular flexibility index (Phi) is 5.84. The molecule has 1 aromatic rings. The Morgan fingerprint density at radius 3 is 2.79 bits per heavy atom. The van der Waals surface area contributed by atoms with Crippen LogP contribution in [0, 0.1) is 17.2 Å². The van der Waals surface area contributed by atoms with Gasteiger partial charge in [0.25, 0.3) is 5.91 Å². The maximum absolute atomic E-state index is 12.5. The van der Waals surface area contributed by atoms with E-state index in [0.29, 0.717) is 24.3 Å². The van der Waals surface area contributed by atoms with Gasteiger partial charge in [0.15, 0.2) is 16.4 Å². The molecule has 0 spiro atoms. The van der Waals surface area contributed by atoms with Crippen molar-refractivity contribution in [3.8, 4) is 11.8 Å². The SMILES string of the molecule is CC(C)CN(C(=O)COc1cccc(C#N)c1)[C@H]1CCS(=O)(=O)C1. The molecular formula is C17H22N2O4S. The van der Waals surface area contributed by atoms with Crippen molar-refractivity contribution in [1.29, 1.82) is 5.26 Å². The van der Waals surface area contributed by atoms with E-state index in [1.165, 1.54) is 0 Å². The molecule has 130 valence electrons. The van der Waals surface area contributed by atoms with Gasteiger partial charge in [-0.25, -0.2) is 8.42 Å². The number of benzene rings is 1. The van der Waals surface area contributed by atoms with Gasteiger partial charge in [0.1, 0.15) is 5.75 Å². The number of carbonyl (C=O) groups excluding carboxylic acids is 1. The topological polar surface area (TPSA) is 87.5 Å². The first-order valence-corrected chi connectivity index (χ1v) is 9.75. The highest BCUT2D eigenvalue weighted by Crippen LogP contribution is 2.20. The van der Waals surface area contributed by atoms with Crippen molar-refractivity contribution < 1.29 is 17.9 Å². The molecule has 1 heterocycles. The average molecular weight is 350 g/mol. The van der Waals surface area contributed by atoms with Crippen LogP contribution in [0.4, 0.5) is 0 Å². The summed E-state index contributed by atoms with van der Waals surface area (Å²) in [4.78, 5) is 14.2. The molecule has 0 radical (unpaired) electrons. The zero-order chi connectivity index (χ0) is 17.7. The summed E-state index contributed by atoms with van der Waals surface area (Å²) in [5.41, 5.74) is 0.459. The van der Waals surface area contributed by atoms with E-state index in [1.807, 2.05) is 19.9 Å². The van der Waals surface area contributed by atoms with Gasteiger partial charge in [-0.15, -0.1) is 0 Å². The van der Waals surface area contributed by atoms with Gasteiger partial charge >= 0.3 is 0 Å². The Hall–Kier alpha value is -2.07. The lowest BCUT2D eigenvalue weighted by molar-refractivity contribution is -0.135. The zero-order valence-corrected chi connectivity index (χ0v) is 14.8. The van der Waals surface area contributed by atoms with E-state index in [0.717, 1.165) is 0 Å². The molecule has 0 unspecified atom stereocenters. The van der Waals surface area contributed by atoms with Crippen molar-refractivity contribution in [3.63, 3.8) is 0 Å². The average Bonchev–Trinajstić information content (AvgIpc) is 2.90. The number of ether oxygens (including phenoxy) is 1. The summed E-state index contributed by atoms with van der Waals surface area (Å²) in [5.74, 6) is 0.610. The van der Waals surface area contributed by atoms with Crippen LogP contribution in [-0.2, 0) is 14.6 Å². The molecule has 0 aromatic heterocycles. The number of amides is 1. The summed E-state index contributed by atoms with van der Waals surface area (Å²) < 4.78 is 28.9. The van der Waals surface area contributed by atoms with Crippen LogP contribution >= 0.6 is 0 Å². The summed E-state index contributed by atoms with van der Waals surface area (Å²) in [7, 11) is -3.06. The molecule has 1 amide bonds. The number of hydrogen-bond acceptors (Lipinski definition) is 5. The summed E-state index contributed by atoms with van der Waals surface area (Å²) >= 11 is 0. The van der Waals surface area contributed by atoms with Crippen LogP contribution in [0.25, 0.3) is 0 Å². The summed E-state index contributed by atoms with van der Waals surface area (Å²) in [6, 6.07) is 8.33. The first kappa shape index (κ1) is 18.3. The van der Waals surface area contributed by atoms with Crippen molar-refractivity contribution in [2.24, 2.45) is 5.92 Å². The van der Waals surface area contributed by atoms with Crippen LogP contribution in [-0.4, -0.2) is 49.9 Å². The van der Waals surface area contributed by atoms with Crippen LogP contribution in [0.2, 0.25) is 0 Å². The number of nitrogens with zero attached hydrogens (tertiary/aromatic N) is 2. The molecule has 1 fully saturated rings. The number of hydrogen-bond donors (Lipinski definition) is 0. The van der Waals surface area contributed by atoms with Gasteiger partial charge in [-0.2, -0.15) is 5.26 Å². The lowest BCUT2D eigenvalue weighted by atomic mass is 10.1. The Balaban J connectivity index is 2.03. The second kappa shape index (κ2) is 7.67. The summed E-state index contributed by atoms with van der Waals surface area (Å²) in [5, 5.41) is 8.88. The van der Waals surface area contributed by atoms with Gasteiger partial charge in [-0.05, 0) is 30.5 Å². The fraction of sp³-hybridized carbons (Fsp3) is 0.529. The fourth-order valence-electron chi connectivity index (χ4n) is 2.75. The van der Waals surface area contributed by atoms with Crippen molar-refractivity contribution in [1.82, 2.24) is 4.90 Å². The van der Waals surface area contributed by atoms with Gasteiger partial charge in [0, 0.05) is 12.6 Å². The number of nitriles is 1. The fourth-order valence-corrected chi connectivity index (χ4v) is 4.48. The molecule has 1 aromatic carbocycles. The first-order chi connectivity index (χ1) is 11.3. The number of carbonyl (C=O) groups is 1. The number of rotatable bonds is 6. The van der Waals surface area contributed by atoms with Gasteiger partial charge in [0.05, 0.1) is 23.1 Å². The molecule has 6 nitrogen and oxygen atoms in total. The van der Waals surface area contributed by atoms with Crippen LogP contribution < -0.4 is 4.74 Å². The Morgan fingerprint density at radius 2 is 2.21 bits per heavy atom. The second-order valence-corrected chi connectivity index (χ2v) is 8.65. The second-order valence-electron chi connectivity index (χ2n) is 6.43. The molecule has 7 heteroatoms. The Labute approximate surface area is 142 Å². The third-order valence-electron chi connectivity index (χ3n) is 3.86. The largest absolute Gasteiger partial charge is 0.484 e. The maximum Gasteiger partial charge on any atom is 0.260 e. The van der Waals surface area contributed by atoms with E-state index in [9.17, 15) is 13.2 Å². The number of sulfone groups is 1. The van der Waals surface area contributed by atoms with E-state index < -0.39 is 9.84 Å². The maximum atomic E-state index is 12.5. The molecule has 1 aliphatic rings. The molecule has 1 aliphatic heterocycles. The van der Waals surface area contributed by atoms with Gasteiger partial charge < -0.3 is 9.64 Å². The minimum absolute atomic E-state index is 0.0232. The highest BCUT2D eigenvalue weighted by molar-refractivity contribution is 7.91. The Bertz CT molecular complexity index is 737. The monoisotopic (exact) mass is 350 g/mol. The molecular weight excluding hydrogens is 328 g/mol. The lowest BCUT2D eigenvalue weighted by Gasteiger charge is -2.29. The van der Waals surface area contributed by atoms with Crippen LogP contribution in [0.15, 0.2) is 24.3 Å². The van der Waals surface area contributed by atoms with E-state index in [-0.39, 0.29) is 36.0 Å². The molecule has 0 aliphatic carbocycles. The third-order valence-corrected chi connectivity index (χ3v) is 5.61. The predicted molar refractivity (Wildman–Crippen MR) is 90.3 cm³/mol.